The Balaban J connectivity index is 1.23. The molecule has 0 saturated heterocycles. The van der Waals surface area contributed by atoms with Crippen molar-refractivity contribution in [2.24, 2.45) is 0 Å². The number of ether oxygens (including phenoxy) is 1. The molecule has 1 aliphatic rings. The van der Waals surface area contributed by atoms with Gasteiger partial charge in [-0.3, -0.25) is 4.79 Å². The smallest absolute Gasteiger partial charge is 0.258 e. The zero-order chi connectivity index (χ0) is 24.9. The van der Waals surface area contributed by atoms with Gasteiger partial charge in [0.05, 0.1) is 27.5 Å². The van der Waals surface area contributed by atoms with Crippen LogP contribution in [0.25, 0.3) is 21.5 Å². The number of fused-ring (bicyclic) bond motifs is 1. The highest BCUT2D eigenvalue weighted by molar-refractivity contribution is 7.16. The number of aryl methyl sites for hydroxylation is 1. The zero-order valence-corrected chi connectivity index (χ0v) is 21.5. The third kappa shape index (κ3) is 5.99. The first-order chi connectivity index (χ1) is 17.5. The van der Waals surface area contributed by atoms with E-state index in [0.717, 1.165) is 45.7 Å². The number of anilines is 1. The van der Waals surface area contributed by atoms with Crippen LogP contribution >= 0.6 is 11.3 Å². The molecule has 0 bridgehead atoms. The van der Waals surface area contributed by atoms with Crippen molar-refractivity contribution in [2.75, 3.05) is 11.9 Å². The number of amides is 1. The molecular formula is C28H31N5O2S. The molecule has 2 aromatic carbocycles. The average molecular weight is 502 g/mol. The molecule has 1 fully saturated rings. The minimum atomic E-state index is -0.0565. The van der Waals surface area contributed by atoms with Gasteiger partial charge in [-0.25, -0.2) is 15.0 Å². The Kier molecular flexibility index (Phi) is 7.41. The molecule has 0 aliphatic heterocycles. The molecule has 1 aliphatic carbocycles. The van der Waals surface area contributed by atoms with Gasteiger partial charge in [-0.05, 0) is 56.5 Å². The van der Waals surface area contributed by atoms with Crippen LogP contribution in [0.2, 0.25) is 0 Å². The molecule has 1 unspecified atom stereocenters. The highest BCUT2D eigenvalue weighted by atomic mass is 32.1. The van der Waals surface area contributed by atoms with Crippen molar-refractivity contribution in [1.29, 1.82) is 0 Å². The SMILES string of the molecule is Cc1nc(NC(C)c2cccc(OCC(=O)NC3CCCCC3)c2)cc(-c2ccc3ncsc3c2)n1. The van der Waals surface area contributed by atoms with Crippen molar-refractivity contribution in [2.45, 2.75) is 58.0 Å². The molecule has 5 rings (SSSR count). The van der Waals surface area contributed by atoms with Crippen LogP contribution in [0.3, 0.4) is 0 Å². The molecule has 1 saturated carbocycles. The number of benzene rings is 2. The standard InChI is InChI=1S/C28H31N5O2S/c1-18(20-7-6-10-23(13-20)35-16-28(34)33-22-8-4-3-5-9-22)30-27-15-25(31-19(2)32-27)21-11-12-24-26(14-21)36-17-29-24/h6-7,10-15,17-18,22H,3-5,8-9,16H2,1-2H3,(H,33,34)(H,30,31,32). The lowest BCUT2D eigenvalue weighted by Gasteiger charge is -2.22. The van der Waals surface area contributed by atoms with Gasteiger partial charge < -0.3 is 15.4 Å². The molecule has 4 aromatic rings. The molecule has 2 N–H and O–H groups in total. The first-order valence-electron chi connectivity index (χ1n) is 12.5. The predicted octanol–water partition coefficient (Wildman–Crippen LogP) is 6.06. The predicted molar refractivity (Wildman–Crippen MR) is 144 cm³/mol. The Morgan fingerprint density at radius 3 is 2.83 bits per heavy atom. The maximum atomic E-state index is 12.3. The van der Waals surface area contributed by atoms with E-state index in [4.69, 9.17) is 4.74 Å². The van der Waals surface area contributed by atoms with Gasteiger partial charge in [-0.15, -0.1) is 11.3 Å². The molecule has 8 heteroatoms. The fourth-order valence-corrected chi connectivity index (χ4v) is 5.36. The van der Waals surface area contributed by atoms with E-state index < -0.39 is 0 Å². The molecule has 1 atom stereocenters. The number of carbonyl (C=O) groups excluding carboxylic acids is 1. The van der Waals surface area contributed by atoms with Crippen molar-refractivity contribution in [1.82, 2.24) is 20.3 Å². The van der Waals surface area contributed by atoms with E-state index in [9.17, 15) is 4.79 Å². The van der Waals surface area contributed by atoms with Crippen LogP contribution in [0.15, 0.2) is 54.0 Å². The van der Waals surface area contributed by atoms with E-state index in [1.165, 1.54) is 19.3 Å². The van der Waals surface area contributed by atoms with Crippen molar-refractivity contribution in [3.05, 3.63) is 65.4 Å². The Labute approximate surface area is 215 Å². The van der Waals surface area contributed by atoms with E-state index in [-0.39, 0.29) is 24.6 Å². The van der Waals surface area contributed by atoms with E-state index >= 15 is 0 Å². The molecule has 2 aromatic heterocycles. The number of rotatable bonds is 8. The van der Waals surface area contributed by atoms with E-state index in [1.807, 2.05) is 54.9 Å². The van der Waals surface area contributed by atoms with Gasteiger partial charge in [0.25, 0.3) is 5.91 Å². The van der Waals surface area contributed by atoms with Crippen molar-refractivity contribution in [3.63, 3.8) is 0 Å². The molecule has 0 radical (unpaired) electrons. The molecule has 1 amide bonds. The summed E-state index contributed by atoms with van der Waals surface area (Å²) in [6.07, 6.45) is 5.77. The van der Waals surface area contributed by atoms with Gasteiger partial charge in [0.15, 0.2) is 6.61 Å². The number of nitrogens with zero attached hydrogens (tertiary/aromatic N) is 3. The van der Waals surface area contributed by atoms with Crippen molar-refractivity contribution < 1.29 is 9.53 Å². The molecule has 0 spiro atoms. The lowest BCUT2D eigenvalue weighted by Crippen LogP contribution is -2.38. The molecular weight excluding hydrogens is 470 g/mol. The number of aromatic nitrogens is 3. The number of thiazole rings is 1. The maximum Gasteiger partial charge on any atom is 0.258 e. The third-order valence-electron chi connectivity index (χ3n) is 6.53. The van der Waals surface area contributed by atoms with E-state index in [0.29, 0.717) is 11.6 Å². The van der Waals surface area contributed by atoms with Gasteiger partial charge in [-0.2, -0.15) is 0 Å². The summed E-state index contributed by atoms with van der Waals surface area (Å²) in [4.78, 5) is 25.9. The molecule has 186 valence electrons. The van der Waals surface area contributed by atoms with Crippen LogP contribution in [0.4, 0.5) is 5.82 Å². The number of hydrogen-bond acceptors (Lipinski definition) is 7. The summed E-state index contributed by atoms with van der Waals surface area (Å²) in [6.45, 7) is 4.01. The van der Waals surface area contributed by atoms with Crippen LogP contribution in [0.5, 0.6) is 5.75 Å². The van der Waals surface area contributed by atoms with E-state index in [1.54, 1.807) is 11.3 Å². The summed E-state index contributed by atoms with van der Waals surface area (Å²) in [7, 11) is 0. The summed E-state index contributed by atoms with van der Waals surface area (Å²) in [5, 5.41) is 6.59. The second-order valence-electron chi connectivity index (χ2n) is 9.35. The summed E-state index contributed by atoms with van der Waals surface area (Å²) in [6, 6.07) is 16.3. The first kappa shape index (κ1) is 24.2. The fourth-order valence-electron chi connectivity index (χ4n) is 4.65. The first-order valence-corrected chi connectivity index (χ1v) is 13.4. The monoisotopic (exact) mass is 501 g/mol. The van der Waals surface area contributed by atoms with E-state index in [2.05, 4.69) is 38.6 Å². The lowest BCUT2D eigenvalue weighted by atomic mass is 9.95. The minimum absolute atomic E-state index is 0.0178. The molecule has 7 nitrogen and oxygen atoms in total. The average Bonchev–Trinajstić information content (AvgIpc) is 3.36. The summed E-state index contributed by atoms with van der Waals surface area (Å²) >= 11 is 1.62. The van der Waals surface area contributed by atoms with Gasteiger partial charge in [-0.1, -0.05) is 37.5 Å². The second-order valence-corrected chi connectivity index (χ2v) is 10.2. The Morgan fingerprint density at radius 1 is 1.11 bits per heavy atom. The highest BCUT2D eigenvalue weighted by Gasteiger charge is 2.16. The summed E-state index contributed by atoms with van der Waals surface area (Å²) < 4.78 is 6.94. The second kappa shape index (κ2) is 11.0. The minimum Gasteiger partial charge on any atom is -0.484 e. The van der Waals surface area contributed by atoms with Crippen molar-refractivity contribution >= 4 is 33.3 Å². The lowest BCUT2D eigenvalue weighted by molar-refractivity contribution is -0.124. The third-order valence-corrected chi connectivity index (χ3v) is 7.32. The Hall–Kier alpha value is -3.52. The van der Waals surface area contributed by atoms with Crippen LogP contribution in [0.1, 0.15) is 56.5 Å². The number of carbonyl (C=O) groups is 1. The quantitative estimate of drug-likeness (QED) is 0.305. The largest absolute Gasteiger partial charge is 0.484 e. The zero-order valence-electron chi connectivity index (χ0n) is 20.7. The number of nitrogens with one attached hydrogen (secondary N) is 2. The summed E-state index contributed by atoms with van der Waals surface area (Å²) in [5.41, 5.74) is 5.80. The van der Waals surface area contributed by atoms with Crippen LogP contribution in [0, 0.1) is 6.92 Å². The normalized spacial score (nSPS) is 14.9. The molecule has 36 heavy (non-hydrogen) atoms. The van der Waals surface area contributed by atoms with Crippen LogP contribution < -0.4 is 15.4 Å². The number of hydrogen-bond donors (Lipinski definition) is 2. The fraction of sp³-hybridized carbons (Fsp3) is 0.357. The maximum absolute atomic E-state index is 12.3. The summed E-state index contributed by atoms with van der Waals surface area (Å²) in [5.74, 6) is 2.08. The Morgan fingerprint density at radius 2 is 1.97 bits per heavy atom. The van der Waals surface area contributed by atoms with Gasteiger partial charge in [0.2, 0.25) is 0 Å². The van der Waals surface area contributed by atoms with Gasteiger partial charge in [0, 0.05) is 17.7 Å². The Bertz CT molecular complexity index is 1350. The highest BCUT2D eigenvalue weighted by Crippen LogP contribution is 2.28. The van der Waals surface area contributed by atoms with Crippen LogP contribution in [-0.2, 0) is 4.79 Å². The van der Waals surface area contributed by atoms with Gasteiger partial charge >= 0.3 is 0 Å². The van der Waals surface area contributed by atoms with Crippen molar-refractivity contribution in [3.8, 4) is 17.0 Å². The van der Waals surface area contributed by atoms with Gasteiger partial charge in [0.1, 0.15) is 17.4 Å². The molecule has 2 heterocycles. The van der Waals surface area contributed by atoms with Crippen LogP contribution in [-0.4, -0.2) is 33.5 Å². The topological polar surface area (TPSA) is 89.0 Å².